The molecule has 0 N–H and O–H groups in total. The number of carbonyl (C=O) groups is 2. The molecule has 1 aromatic carbocycles. The van der Waals surface area contributed by atoms with Crippen LogP contribution in [0.1, 0.15) is 47.4 Å². The topological polar surface area (TPSA) is 46.6 Å². The Kier molecular flexibility index (Phi) is 5.53. The molecule has 1 aliphatic rings. The van der Waals surface area contributed by atoms with E-state index in [4.69, 9.17) is 4.74 Å². The zero-order valence-electron chi connectivity index (χ0n) is 14.6. The summed E-state index contributed by atoms with van der Waals surface area (Å²) in [7, 11) is 0. The molecule has 1 aliphatic heterocycles. The van der Waals surface area contributed by atoms with E-state index >= 15 is 0 Å². The fourth-order valence-electron chi connectivity index (χ4n) is 3.17. The summed E-state index contributed by atoms with van der Waals surface area (Å²) in [6.45, 7) is 5.13. The van der Waals surface area contributed by atoms with Gasteiger partial charge in [-0.05, 0) is 50.3 Å². The van der Waals surface area contributed by atoms with Crippen LogP contribution in [0.2, 0.25) is 0 Å². The molecule has 0 bridgehead atoms. The van der Waals surface area contributed by atoms with Crippen LogP contribution in [0.4, 0.5) is 0 Å². The summed E-state index contributed by atoms with van der Waals surface area (Å²) in [5.41, 5.74) is 1.37. The van der Waals surface area contributed by atoms with E-state index in [1.54, 1.807) is 0 Å². The molecule has 1 aromatic heterocycles. The van der Waals surface area contributed by atoms with Gasteiger partial charge < -0.3 is 9.64 Å². The Balaban J connectivity index is 1.71. The number of ether oxygens (including phenoxy) is 1. The van der Waals surface area contributed by atoms with E-state index in [1.807, 2.05) is 59.8 Å². The van der Waals surface area contributed by atoms with Gasteiger partial charge in [0, 0.05) is 30.0 Å². The zero-order valence-corrected chi connectivity index (χ0v) is 15.4. The molecule has 5 heteroatoms. The predicted molar refractivity (Wildman–Crippen MR) is 99.5 cm³/mol. The van der Waals surface area contributed by atoms with Crippen molar-refractivity contribution in [3.05, 3.63) is 52.2 Å². The Morgan fingerprint density at radius 2 is 2.08 bits per heavy atom. The summed E-state index contributed by atoms with van der Waals surface area (Å²) in [6.07, 6.45) is 1.74. The lowest BCUT2D eigenvalue weighted by atomic mass is 9.89. The molecule has 0 unspecified atom stereocenters. The van der Waals surface area contributed by atoms with Crippen molar-refractivity contribution in [2.24, 2.45) is 5.92 Å². The molecule has 4 nitrogen and oxygen atoms in total. The van der Waals surface area contributed by atoms with Gasteiger partial charge >= 0.3 is 0 Å². The third kappa shape index (κ3) is 4.28. The smallest absolute Gasteiger partial charge is 0.254 e. The quantitative estimate of drug-likeness (QED) is 0.751. The van der Waals surface area contributed by atoms with Gasteiger partial charge in [-0.1, -0.05) is 12.1 Å². The summed E-state index contributed by atoms with van der Waals surface area (Å²) in [4.78, 5) is 27.3. The maximum atomic E-state index is 12.9. The van der Waals surface area contributed by atoms with Crippen molar-refractivity contribution in [3.8, 4) is 5.75 Å². The molecule has 0 saturated carbocycles. The van der Waals surface area contributed by atoms with Crippen LogP contribution in [0.25, 0.3) is 0 Å². The van der Waals surface area contributed by atoms with E-state index in [2.05, 4.69) is 0 Å². The van der Waals surface area contributed by atoms with Gasteiger partial charge in [0.25, 0.3) is 5.91 Å². The average Bonchev–Trinajstić information content (AvgIpc) is 3.15. The van der Waals surface area contributed by atoms with Crippen molar-refractivity contribution < 1.29 is 14.3 Å². The van der Waals surface area contributed by atoms with E-state index in [0.29, 0.717) is 23.4 Å². The van der Waals surface area contributed by atoms with E-state index in [0.717, 1.165) is 19.4 Å². The minimum atomic E-state index is -0.148. The van der Waals surface area contributed by atoms with E-state index in [1.165, 1.54) is 11.3 Å². The van der Waals surface area contributed by atoms with Gasteiger partial charge in [-0.25, -0.2) is 0 Å². The number of carbonyl (C=O) groups excluding carboxylic acids is 2. The van der Waals surface area contributed by atoms with Gasteiger partial charge in [0.15, 0.2) is 5.78 Å². The fraction of sp³-hybridized carbons (Fsp3) is 0.400. The molecule has 0 aliphatic carbocycles. The highest BCUT2D eigenvalue weighted by atomic mass is 32.1. The maximum absolute atomic E-state index is 12.9. The average molecular weight is 357 g/mol. The van der Waals surface area contributed by atoms with Crippen LogP contribution in [0, 0.1) is 5.92 Å². The van der Waals surface area contributed by atoms with Gasteiger partial charge in [-0.3, -0.25) is 9.59 Å². The first-order chi connectivity index (χ1) is 12.0. The molecule has 2 heterocycles. The van der Waals surface area contributed by atoms with Crippen molar-refractivity contribution in [1.82, 2.24) is 4.90 Å². The third-order valence-electron chi connectivity index (χ3n) is 4.34. The van der Waals surface area contributed by atoms with Crippen molar-refractivity contribution in [1.29, 1.82) is 0 Å². The van der Waals surface area contributed by atoms with Crippen LogP contribution in [0.5, 0.6) is 5.75 Å². The van der Waals surface area contributed by atoms with Crippen LogP contribution in [-0.2, 0) is 0 Å². The summed E-state index contributed by atoms with van der Waals surface area (Å²) in [5.74, 6) is 0.682. The second-order valence-electron chi connectivity index (χ2n) is 6.66. The van der Waals surface area contributed by atoms with Crippen LogP contribution in [0.3, 0.4) is 0 Å². The summed E-state index contributed by atoms with van der Waals surface area (Å²) < 4.78 is 5.69. The van der Waals surface area contributed by atoms with Gasteiger partial charge in [0.1, 0.15) is 5.75 Å². The largest absolute Gasteiger partial charge is 0.491 e. The van der Waals surface area contributed by atoms with Gasteiger partial charge in [-0.2, -0.15) is 11.3 Å². The molecule has 132 valence electrons. The molecule has 1 fully saturated rings. The summed E-state index contributed by atoms with van der Waals surface area (Å²) in [5, 5.41) is 3.76. The number of amides is 1. The van der Waals surface area contributed by atoms with Crippen LogP contribution < -0.4 is 4.74 Å². The van der Waals surface area contributed by atoms with Crippen molar-refractivity contribution >= 4 is 23.0 Å². The number of thiophene rings is 1. The van der Waals surface area contributed by atoms with Crippen LogP contribution in [0.15, 0.2) is 41.1 Å². The van der Waals surface area contributed by atoms with Crippen molar-refractivity contribution in [2.75, 3.05) is 13.1 Å². The van der Waals surface area contributed by atoms with E-state index in [9.17, 15) is 9.59 Å². The van der Waals surface area contributed by atoms with Crippen LogP contribution >= 0.6 is 11.3 Å². The molecular weight excluding hydrogens is 334 g/mol. The lowest BCUT2D eigenvalue weighted by Crippen LogP contribution is -2.42. The molecule has 1 atom stereocenters. The number of nitrogens with zero attached hydrogens (tertiary/aromatic N) is 1. The zero-order chi connectivity index (χ0) is 17.8. The third-order valence-corrected chi connectivity index (χ3v) is 5.02. The molecule has 2 aromatic rings. The number of ketones is 1. The van der Waals surface area contributed by atoms with Gasteiger partial charge in [-0.15, -0.1) is 0 Å². The standard InChI is InChI=1S/C20H23NO3S/c1-14(2)24-18-7-3-5-15(11-18)19(22)16-6-4-9-21(12-16)20(23)17-8-10-25-13-17/h3,5,7-8,10-11,13-14,16H,4,6,9,12H2,1-2H3/t16-/m1/s1. The Labute approximate surface area is 152 Å². The molecular formula is C20H23NO3S. The first-order valence-corrected chi connectivity index (χ1v) is 9.61. The van der Waals surface area contributed by atoms with E-state index < -0.39 is 0 Å². The first-order valence-electron chi connectivity index (χ1n) is 8.67. The molecule has 0 radical (unpaired) electrons. The Bertz CT molecular complexity index is 739. The predicted octanol–water partition coefficient (Wildman–Crippen LogP) is 4.27. The van der Waals surface area contributed by atoms with Crippen LogP contribution in [-0.4, -0.2) is 35.8 Å². The number of rotatable bonds is 5. The molecule has 25 heavy (non-hydrogen) atoms. The second kappa shape index (κ2) is 7.83. The number of piperidine rings is 1. The lowest BCUT2D eigenvalue weighted by molar-refractivity contribution is 0.0637. The van der Waals surface area contributed by atoms with Gasteiger partial charge in [0.05, 0.1) is 11.7 Å². The van der Waals surface area contributed by atoms with Crippen molar-refractivity contribution in [2.45, 2.75) is 32.8 Å². The Hall–Kier alpha value is -2.14. The van der Waals surface area contributed by atoms with E-state index in [-0.39, 0.29) is 23.7 Å². The summed E-state index contributed by atoms with van der Waals surface area (Å²) in [6, 6.07) is 9.19. The highest BCUT2D eigenvalue weighted by Gasteiger charge is 2.29. The monoisotopic (exact) mass is 357 g/mol. The highest BCUT2D eigenvalue weighted by Crippen LogP contribution is 2.25. The van der Waals surface area contributed by atoms with Gasteiger partial charge in [0.2, 0.25) is 0 Å². The molecule has 0 spiro atoms. The number of hydrogen-bond donors (Lipinski definition) is 0. The SMILES string of the molecule is CC(C)Oc1cccc(C(=O)[C@@H]2CCCN(C(=O)c3ccsc3)C2)c1. The lowest BCUT2D eigenvalue weighted by Gasteiger charge is -2.32. The number of benzene rings is 1. The number of Topliss-reactive ketones (excluding diaryl/α,β-unsaturated/α-hetero) is 1. The minimum absolute atomic E-state index is 0.0237. The maximum Gasteiger partial charge on any atom is 0.254 e. The summed E-state index contributed by atoms with van der Waals surface area (Å²) >= 11 is 1.51. The minimum Gasteiger partial charge on any atom is -0.491 e. The number of likely N-dealkylation sites (tertiary alicyclic amines) is 1. The fourth-order valence-corrected chi connectivity index (χ4v) is 3.80. The first kappa shape index (κ1) is 17.7. The molecule has 1 saturated heterocycles. The highest BCUT2D eigenvalue weighted by molar-refractivity contribution is 7.08. The Morgan fingerprint density at radius 1 is 1.24 bits per heavy atom. The second-order valence-corrected chi connectivity index (χ2v) is 7.44. The Morgan fingerprint density at radius 3 is 2.80 bits per heavy atom. The molecule has 3 rings (SSSR count). The number of hydrogen-bond acceptors (Lipinski definition) is 4. The normalized spacial score (nSPS) is 17.6. The van der Waals surface area contributed by atoms with Crippen molar-refractivity contribution in [3.63, 3.8) is 0 Å². The molecule has 1 amide bonds.